The van der Waals surface area contributed by atoms with Gasteiger partial charge in [-0.1, -0.05) is 91.6 Å². The molecule has 258 valence electrons. The Morgan fingerprint density at radius 3 is 1.83 bits per heavy atom. The van der Waals surface area contributed by atoms with Crippen LogP contribution in [0.3, 0.4) is 0 Å². The molecule has 0 saturated heterocycles. The fraction of sp³-hybridized carbons (Fsp3) is 0.657. The molecule has 11 heteroatoms. The lowest BCUT2D eigenvalue weighted by atomic mass is 9.86. The van der Waals surface area contributed by atoms with Gasteiger partial charge in [-0.3, -0.25) is 24.0 Å². The molecule has 1 aromatic carbocycles. The molecule has 0 aliphatic rings. The van der Waals surface area contributed by atoms with Crippen LogP contribution in [0.5, 0.6) is 0 Å². The summed E-state index contributed by atoms with van der Waals surface area (Å²) in [5.41, 5.74) is 6.51. The molecule has 1 aromatic rings. The van der Waals surface area contributed by atoms with Crippen molar-refractivity contribution in [1.29, 1.82) is 0 Å². The van der Waals surface area contributed by atoms with Crippen LogP contribution < -0.4 is 21.7 Å². The Morgan fingerprint density at radius 2 is 1.30 bits per heavy atom. The van der Waals surface area contributed by atoms with Gasteiger partial charge in [-0.05, 0) is 42.7 Å². The lowest BCUT2D eigenvalue weighted by Crippen LogP contribution is -2.50. The number of rotatable bonds is 22. The first-order chi connectivity index (χ1) is 21.6. The van der Waals surface area contributed by atoms with E-state index in [1.54, 1.807) is 34.6 Å². The number of carboxylic acids is 1. The summed E-state index contributed by atoms with van der Waals surface area (Å²) < 4.78 is 0. The second kappa shape index (κ2) is 20.5. The fourth-order valence-electron chi connectivity index (χ4n) is 5.23. The number of nitrogens with one attached hydrogen (secondary N) is 3. The number of carboxylic acid groups (broad SMARTS) is 1. The summed E-state index contributed by atoms with van der Waals surface area (Å²) in [5.74, 6) is -5.41. The number of ketones is 2. The average Bonchev–Trinajstić information content (AvgIpc) is 2.99. The molecule has 1 unspecified atom stereocenters. The molecular weight excluding hydrogens is 588 g/mol. The molecule has 0 radical (unpaired) electrons. The molecule has 11 nitrogen and oxygen atoms in total. The van der Waals surface area contributed by atoms with Gasteiger partial charge < -0.3 is 26.8 Å². The molecule has 0 aliphatic heterocycles. The predicted octanol–water partition coefficient (Wildman–Crippen LogP) is 3.43. The van der Waals surface area contributed by atoms with Crippen molar-refractivity contribution < 1.29 is 33.9 Å². The zero-order valence-electron chi connectivity index (χ0n) is 28.6. The minimum atomic E-state index is -1.16. The van der Waals surface area contributed by atoms with Crippen LogP contribution in [-0.2, 0) is 35.2 Å². The summed E-state index contributed by atoms with van der Waals surface area (Å²) in [6.45, 7) is 12.7. The van der Waals surface area contributed by atoms with Crippen LogP contribution >= 0.6 is 0 Å². The zero-order valence-corrected chi connectivity index (χ0v) is 28.6. The van der Waals surface area contributed by atoms with E-state index in [0.29, 0.717) is 32.2 Å². The summed E-state index contributed by atoms with van der Waals surface area (Å²) in [6.07, 6.45) is 2.11. The fourth-order valence-corrected chi connectivity index (χ4v) is 5.23. The van der Waals surface area contributed by atoms with Crippen LogP contribution in [0, 0.1) is 29.6 Å². The lowest BCUT2D eigenvalue weighted by Gasteiger charge is -2.28. The van der Waals surface area contributed by atoms with Gasteiger partial charge >= 0.3 is 5.97 Å². The molecule has 6 atom stereocenters. The van der Waals surface area contributed by atoms with E-state index in [0.717, 1.165) is 5.56 Å². The molecule has 0 aliphatic carbocycles. The smallest absolute Gasteiger partial charge is 0.326 e. The highest BCUT2D eigenvalue weighted by Gasteiger charge is 2.34. The van der Waals surface area contributed by atoms with E-state index in [1.807, 2.05) is 44.2 Å². The first kappa shape index (κ1) is 40.4. The standard InChI is InChI=1S/C35H56N4O7/c1-8-23(6)32(37-29(42)19-25-14-10-9-11-15-25)28(41)20-26(16-12-13-17-36)34(44)38-30(21(2)3)27(40)18-24(7)33(43)39-31(22(4)5)35(45)46/h9-11,14-15,21-24,26,30-32H,8,12-13,16-20,36H2,1-7H3,(H,37,42)(H,38,44)(H,39,43)(H,45,46)/t23-,24-,26-,30+,31+,32?/m1/s1. The van der Waals surface area contributed by atoms with Gasteiger partial charge in [-0.25, -0.2) is 4.79 Å². The molecule has 46 heavy (non-hydrogen) atoms. The minimum absolute atomic E-state index is 0.110. The van der Waals surface area contributed by atoms with E-state index in [9.17, 15) is 33.9 Å². The van der Waals surface area contributed by atoms with Crippen LogP contribution in [0.25, 0.3) is 0 Å². The topological polar surface area (TPSA) is 185 Å². The quantitative estimate of drug-likeness (QED) is 0.119. The number of carbonyl (C=O) groups excluding carboxylic acids is 5. The van der Waals surface area contributed by atoms with Gasteiger partial charge in [0.05, 0.1) is 18.5 Å². The van der Waals surface area contributed by atoms with Crippen molar-refractivity contribution in [3.8, 4) is 0 Å². The second-order valence-corrected chi connectivity index (χ2v) is 13.1. The third kappa shape index (κ3) is 13.8. The van der Waals surface area contributed by atoms with Gasteiger partial charge in [0, 0.05) is 24.7 Å². The zero-order chi connectivity index (χ0) is 35.0. The number of hydrogen-bond donors (Lipinski definition) is 5. The number of carbonyl (C=O) groups is 6. The number of benzene rings is 1. The molecule has 1 rings (SSSR count). The molecule has 0 spiro atoms. The van der Waals surface area contributed by atoms with E-state index in [-0.39, 0.29) is 54.5 Å². The van der Waals surface area contributed by atoms with Gasteiger partial charge in [-0.15, -0.1) is 0 Å². The highest BCUT2D eigenvalue weighted by atomic mass is 16.4. The SMILES string of the molecule is CC[C@@H](C)C(NC(=O)Cc1ccccc1)C(=O)C[C@@H](CCCCN)C(=O)N[C@H](C(=O)C[C@@H](C)C(=O)N[C@H](C(=O)O)C(C)C)C(C)C. The number of amides is 3. The summed E-state index contributed by atoms with van der Waals surface area (Å²) in [4.78, 5) is 77.8. The molecule has 0 saturated carbocycles. The van der Waals surface area contributed by atoms with Crippen molar-refractivity contribution in [1.82, 2.24) is 16.0 Å². The van der Waals surface area contributed by atoms with E-state index in [2.05, 4.69) is 16.0 Å². The van der Waals surface area contributed by atoms with Crippen molar-refractivity contribution in [3.63, 3.8) is 0 Å². The molecule has 0 fully saturated rings. The van der Waals surface area contributed by atoms with Crippen LogP contribution in [0.2, 0.25) is 0 Å². The number of nitrogens with two attached hydrogens (primary N) is 1. The van der Waals surface area contributed by atoms with Gasteiger partial charge in [0.1, 0.15) is 6.04 Å². The molecule has 0 heterocycles. The maximum absolute atomic E-state index is 13.7. The second-order valence-electron chi connectivity index (χ2n) is 13.1. The van der Waals surface area contributed by atoms with Gasteiger partial charge in [0.25, 0.3) is 0 Å². The lowest BCUT2D eigenvalue weighted by molar-refractivity contribution is -0.144. The molecule has 0 bridgehead atoms. The predicted molar refractivity (Wildman–Crippen MR) is 178 cm³/mol. The molecule has 3 amide bonds. The monoisotopic (exact) mass is 644 g/mol. The average molecular weight is 645 g/mol. The van der Waals surface area contributed by atoms with E-state index >= 15 is 0 Å². The van der Waals surface area contributed by atoms with Crippen molar-refractivity contribution in [3.05, 3.63) is 35.9 Å². The van der Waals surface area contributed by atoms with Crippen LogP contribution in [-0.4, -0.2) is 65.0 Å². The van der Waals surface area contributed by atoms with E-state index < -0.39 is 47.7 Å². The number of hydrogen-bond acceptors (Lipinski definition) is 7. The van der Waals surface area contributed by atoms with Gasteiger partial charge in [-0.2, -0.15) is 0 Å². The van der Waals surface area contributed by atoms with Crippen LogP contribution in [0.15, 0.2) is 30.3 Å². The van der Waals surface area contributed by atoms with E-state index in [4.69, 9.17) is 5.73 Å². The Morgan fingerprint density at radius 1 is 0.739 bits per heavy atom. The normalized spacial score (nSPS) is 15.3. The number of aliphatic carboxylic acids is 1. The van der Waals surface area contributed by atoms with Crippen LogP contribution in [0.1, 0.15) is 92.6 Å². The van der Waals surface area contributed by atoms with E-state index in [1.165, 1.54) is 0 Å². The number of Topliss-reactive ketones (excluding diaryl/α,β-unsaturated/α-hetero) is 2. The number of unbranched alkanes of at least 4 members (excludes halogenated alkanes) is 1. The van der Waals surface area contributed by atoms with Crippen molar-refractivity contribution in [2.75, 3.05) is 6.54 Å². The van der Waals surface area contributed by atoms with Gasteiger partial charge in [0.15, 0.2) is 11.6 Å². The molecule has 0 aromatic heterocycles. The summed E-state index contributed by atoms with van der Waals surface area (Å²) >= 11 is 0. The third-order valence-electron chi connectivity index (χ3n) is 8.41. The van der Waals surface area contributed by atoms with Crippen molar-refractivity contribution in [2.24, 2.45) is 35.3 Å². The maximum atomic E-state index is 13.7. The Labute approximate surface area is 274 Å². The van der Waals surface area contributed by atoms with Crippen LogP contribution in [0.4, 0.5) is 0 Å². The summed E-state index contributed by atoms with van der Waals surface area (Å²) in [5, 5.41) is 17.6. The van der Waals surface area contributed by atoms with Gasteiger partial charge in [0.2, 0.25) is 17.7 Å². The third-order valence-corrected chi connectivity index (χ3v) is 8.41. The highest BCUT2D eigenvalue weighted by molar-refractivity contribution is 5.96. The largest absolute Gasteiger partial charge is 0.480 e. The van der Waals surface area contributed by atoms with Crippen molar-refractivity contribution >= 4 is 35.3 Å². The summed E-state index contributed by atoms with van der Waals surface area (Å²) in [6, 6.07) is 6.47. The maximum Gasteiger partial charge on any atom is 0.326 e. The first-order valence-corrected chi connectivity index (χ1v) is 16.5. The Bertz CT molecular complexity index is 1150. The molecular formula is C35H56N4O7. The van der Waals surface area contributed by atoms with Crippen molar-refractivity contribution in [2.45, 2.75) is 112 Å². The highest BCUT2D eigenvalue weighted by Crippen LogP contribution is 2.20. The summed E-state index contributed by atoms with van der Waals surface area (Å²) in [7, 11) is 0. The Kier molecular flexibility index (Phi) is 18.0. The Hall–Kier alpha value is -3.60. The minimum Gasteiger partial charge on any atom is -0.480 e. The Balaban J connectivity index is 3.06. The first-order valence-electron chi connectivity index (χ1n) is 16.5. The molecule has 6 N–H and O–H groups in total.